The Kier molecular flexibility index (Phi) is 4.65. The van der Waals surface area contributed by atoms with E-state index in [9.17, 15) is 14.4 Å². The normalized spacial score (nSPS) is 9.94. The lowest BCUT2D eigenvalue weighted by Gasteiger charge is -2.08. The minimum Gasteiger partial charge on any atom is -0.465 e. The van der Waals surface area contributed by atoms with E-state index in [1.54, 1.807) is 0 Å². The average molecular weight is 254 g/mol. The largest absolute Gasteiger partial charge is 0.465 e. The van der Waals surface area contributed by atoms with Crippen molar-refractivity contribution >= 4 is 11.9 Å². The lowest BCUT2D eigenvalue weighted by atomic mass is 10.1. The van der Waals surface area contributed by atoms with E-state index in [-0.39, 0.29) is 23.5 Å². The van der Waals surface area contributed by atoms with Crippen LogP contribution in [0, 0.1) is 6.92 Å². The van der Waals surface area contributed by atoms with Gasteiger partial charge in [-0.1, -0.05) is 6.92 Å². The van der Waals surface area contributed by atoms with Gasteiger partial charge < -0.3 is 13.9 Å². The zero-order valence-electron chi connectivity index (χ0n) is 10.4. The molecule has 0 saturated carbocycles. The Hall–Kier alpha value is -2.11. The van der Waals surface area contributed by atoms with E-state index in [0.29, 0.717) is 6.42 Å². The Balaban J connectivity index is 3.27. The Morgan fingerprint density at radius 1 is 1.33 bits per heavy atom. The van der Waals surface area contributed by atoms with Crippen molar-refractivity contribution < 1.29 is 23.5 Å². The van der Waals surface area contributed by atoms with Crippen LogP contribution in [0.25, 0.3) is 0 Å². The van der Waals surface area contributed by atoms with Crippen LogP contribution in [-0.4, -0.2) is 25.7 Å². The fourth-order valence-corrected chi connectivity index (χ4v) is 1.40. The predicted molar refractivity (Wildman–Crippen MR) is 61.6 cm³/mol. The molecular weight excluding hydrogens is 240 g/mol. The van der Waals surface area contributed by atoms with Gasteiger partial charge in [-0.05, 0) is 13.3 Å². The molecule has 0 unspecified atom stereocenters. The molecule has 1 heterocycles. The summed E-state index contributed by atoms with van der Waals surface area (Å²) in [6.07, 6.45) is 0.648. The molecule has 0 N–H and O–H groups in total. The number of hydrogen-bond donors (Lipinski definition) is 0. The summed E-state index contributed by atoms with van der Waals surface area (Å²) in [5.74, 6) is -1.46. The highest BCUT2D eigenvalue weighted by Gasteiger charge is 2.23. The number of hydrogen-bond acceptors (Lipinski definition) is 6. The first-order valence-corrected chi connectivity index (χ1v) is 5.41. The molecule has 6 nitrogen and oxygen atoms in total. The van der Waals surface area contributed by atoms with Crippen molar-refractivity contribution in [2.24, 2.45) is 0 Å². The summed E-state index contributed by atoms with van der Waals surface area (Å²) in [6, 6.07) is 0.918. The van der Waals surface area contributed by atoms with Crippen LogP contribution >= 0.6 is 0 Å². The van der Waals surface area contributed by atoms with Gasteiger partial charge >= 0.3 is 17.6 Å². The molecule has 0 aliphatic rings. The fraction of sp³-hybridized carbons (Fsp3) is 0.417. The molecule has 1 rings (SSSR count). The molecule has 0 atom stereocenters. The summed E-state index contributed by atoms with van der Waals surface area (Å²) in [4.78, 5) is 34.5. The molecule has 1 aromatic rings. The first-order chi connectivity index (χ1) is 8.51. The molecule has 0 amide bonds. The highest BCUT2D eigenvalue weighted by molar-refractivity contribution is 6.03. The first kappa shape index (κ1) is 14.0. The van der Waals surface area contributed by atoms with Gasteiger partial charge in [-0.15, -0.1) is 0 Å². The van der Waals surface area contributed by atoms with Gasteiger partial charge in [0.1, 0.15) is 11.3 Å². The molecule has 0 bridgehead atoms. The Bertz CT molecular complexity index is 514. The molecule has 18 heavy (non-hydrogen) atoms. The third-order valence-corrected chi connectivity index (χ3v) is 2.18. The summed E-state index contributed by atoms with van der Waals surface area (Å²) < 4.78 is 14.2. The van der Waals surface area contributed by atoms with Crippen molar-refractivity contribution in [3.05, 3.63) is 33.4 Å². The third kappa shape index (κ3) is 2.97. The second-order valence-corrected chi connectivity index (χ2v) is 3.54. The second kappa shape index (κ2) is 6.00. The van der Waals surface area contributed by atoms with Crippen molar-refractivity contribution in [2.75, 3.05) is 13.7 Å². The number of methoxy groups -OCH3 is 1. The van der Waals surface area contributed by atoms with Gasteiger partial charge in [-0.3, -0.25) is 0 Å². The standard InChI is InChI=1S/C12H14O6/c1-4-5-17-12(15)10-7(2)18-9(13)6-8(10)11(14)16-3/h6H,4-5H2,1-3H3. The van der Waals surface area contributed by atoms with Crippen LogP contribution < -0.4 is 5.63 Å². The van der Waals surface area contributed by atoms with Gasteiger partial charge in [-0.2, -0.15) is 0 Å². The maximum Gasteiger partial charge on any atom is 0.342 e. The summed E-state index contributed by atoms with van der Waals surface area (Å²) in [7, 11) is 1.16. The first-order valence-electron chi connectivity index (χ1n) is 5.41. The van der Waals surface area contributed by atoms with E-state index in [2.05, 4.69) is 4.74 Å². The number of carbonyl (C=O) groups excluding carboxylic acids is 2. The van der Waals surface area contributed by atoms with Gasteiger partial charge in [0.25, 0.3) is 0 Å². The summed E-state index contributed by atoms with van der Waals surface area (Å²) >= 11 is 0. The summed E-state index contributed by atoms with van der Waals surface area (Å²) in [5, 5.41) is 0. The van der Waals surface area contributed by atoms with Crippen LogP contribution in [0.5, 0.6) is 0 Å². The van der Waals surface area contributed by atoms with E-state index in [0.717, 1.165) is 13.2 Å². The number of aryl methyl sites for hydroxylation is 1. The van der Waals surface area contributed by atoms with Gasteiger partial charge in [0.2, 0.25) is 0 Å². The lowest BCUT2D eigenvalue weighted by molar-refractivity contribution is 0.0480. The average Bonchev–Trinajstić information content (AvgIpc) is 2.33. The molecule has 0 aliphatic carbocycles. The zero-order valence-corrected chi connectivity index (χ0v) is 10.4. The van der Waals surface area contributed by atoms with Crippen molar-refractivity contribution in [1.82, 2.24) is 0 Å². The molecule has 6 heteroatoms. The van der Waals surface area contributed by atoms with Gasteiger partial charge in [0.05, 0.1) is 19.3 Å². The fourth-order valence-electron chi connectivity index (χ4n) is 1.40. The molecule has 0 radical (unpaired) electrons. The van der Waals surface area contributed by atoms with Gasteiger partial charge in [-0.25, -0.2) is 14.4 Å². The second-order valence-electron chi connectivity index (χ2n) is 3.54. The molecule has 1 aromatic heterocycles. The molecule has 0 aliphatic heterocycles. The predicted octanol–water partition coefficient (Wildman–Crippen LogP) is 1.30. The van der Waals surface area contributed by atoms with Crippen LogP contribution in [0.3, 0.4) is 0 Å². The van der Waals surface area contributed by atoms with Crippen molar-refractivity contribution in [3.8, 4) is 0 Å². The third-order valence-electron chi connectivity index (χ3n) is 2.18. The minimum atomic E-state index is -0.783. The Labute approximate surface area is 104 Å². The van der Waals surface area contributed by atoms with Gasteiger partial charge in [0.15, 0.2) is 0 Å². The molecule has 0 aromatic carbocycles. The maximum absolute atomic E-state index is 11.8. The number of esters is 2. The minimum absolute atomic E-state index is 0.0315. The topological polar surface area (TPSA) is 82.8 Å². The molecule has 98 valence electrons. The van der Waals surface area contributed by atoms with E-state index < -0.39 is 17.6 Å². The summed E-state index contributed by atoms with van der Waals surface area (Å²) in [6.45, 7) is 3.47. The molecular formula is C12H14O6. The Morgan fingerprint density at radius 3 is 2.56 bits per heavy atom. The van der Waals surface area contributed by atoms with Crippen LogP contribution in [0.15, 0.2) is 15.3 Å². The Morgan fingerprint density at radius 2 is 2.00 bits per heavy atom. The van der Waals surface area contributed by atoms with Crippen LogP contribution in [0.2, 0.25) is 0 Å². The SMILES string of the molecule is CCCOC(=O)c1c(C(=O)OC)cc(=O)oc1C. The lowest BCUT2D eigenvalue weighted by Crippen LogP contribution is -2.18. The molecule has 0 saturated heterocycles. The zero-order chi connectivity index (χ0) is 13.7. The number of rotatable bonds is 4. The number of carbonyl (C=O) groups is 2. The highest BCUT2D eigenvalue weighted by Crippen LogP contribution is 2.14. The van der Waals surface area contributed by atoms with Crippen LogP contribution in [0.4, 0.5) is 0 Å². The van der Waals surface area contributed by atoms with Crippen molar-refractivity contribution in [2.45, 2.75) is 20.3 Å². The highest BCUT2D eigenvalue weighted by atomic mass is 16.5. The smallest absolute Gasteiger partial charge is 0.342 e. The van der Waals surface area contributed by atoms with E-state index in [1.165, 1.54) is 6.92 Å². The molecule has 0 fully saturated rings. The monoisotopic (exact) mass is 254 g/mol. The van der Waals surface area contributed by atoms with Crippen molar-refractivity contribution in [1.29, 1.82) is 0 Å². The van der Waals surface area contributed by atoms with E-state index >= 15 is 0 Å². The quantitative estimate of drug-likeness (QED) is 0.753. The van der Waals surface area contributed by atoms with Crippen LogP contribution in [-0.2, 0) is 9.47 Å². The van der Waals surface area contributed by atoms with E-state index in [1.807, 2.05) is 6.92 Å². The number of ether oxygens (including phenoxy) is 2. The maximum atomic E-state index is 11.8. The summed E-state index contributed by atoms with van der Waals surface area (Å²) in [5.41, 5.74) is -0.942. The van der Waals surface area contributed by atoms with Crippen molar-refractivity contribution in [3.63, 3.8) is 0 Å². The van der Waals surface area contributed by atoms with Crippen LogP contribution in [0.1, 0.15) is 39.8 Å². The molecule has 0 spiro atoms. The van der Waals surface area contributed by atoms with Gasteiger partial charge in [0, 0.05) is 6.07 Å². The van der Waals surface area contributed by atoms with E-state index in [4.69, 9.17) is 9.15 Å².